The molecule has 0 aromatic heterocycles. The van der Waals surface area contributed by atoms with Gasteiger partial charge >= 0.3 is 0 Å². The van der Waals surface area contributed by atoms with Crippen molar-refractivity contribution in [3.8, 4) is 0 Å². The maximum Gasteiger partial charge on any atom is 0.227 e. The number of benzene rings is 1. The molecule has 2 nitrogen and oxygen atoms in total. The third kappa shape index (κ3) is 2.65. The molecule has 0 N–H and O–H groups in total. The Labute approximate surface area is 101 Å². The van der Waals surface area contributed by atoms with Crippen molar-refractivity contribution in [3.05, 3.63) is 29.6 Å². The number of hydrogen-bond donors (Lipinski definition) is 0. The van der Waals surface area contributed by atoms with Gasteiger partial charge in [-0.15, -0.1) is 0 Å². The van der Waals surface area contributed by atoms with Gasteiger partial charge in [0.1, 0.15) is 5.82 Å². The minimum Gasteiger partial charge on any atom is -0.312 e. The van der Waals surface area contributed by atoms with Crippen LogP contribution in [0.2, 0.25) is 0 Å². The van der Waals surface area contributed by atoms with Crippen molar-refractivity contribution >= 4 is 11.6 Å². The Morgan fingerprint density at radius 1 is 1.47 bits per heavy atom. The number of carbonyl (C=O) groups is 1. The molecule has 1 amide bonds. The molecule has 1 aliphatic rings. The summed E-state index contributed by atoms with van der Waals surface area (Å²) in [5.41, 5.74) is 1.84. The normalized spacial score (nSPS) is 14.2. The second kappa shape index (κ2) is 4.86. The van der Waals surface area contributed by atoms with Crippen molar-refractivity contribution in [2.45, 2.75) is 33.1 Å². The molecule has 0 radical (unpaired) electrons. The number of halogens is 1. The predicted molar refractivity (Wildman–Crippen MR) is 66.5 cm³/mol. The standard InChI is InChI=1S/C14H18FNO/c1-10(2)3-6-14(17)16-8-7-11-4-5-12(15)9-13(11)16/h4-5,9-10H,3,6-8H2,1-2H3. The van der Waals surface area contributed by atoms with Crippen LogP contribution in [0.1, 0.15) is 32.3 Å². The highest BCUT2D eigenvalue weighted by Crippen LogP contribution is 2.29. The van der Waals surface area contributed by atoms with Gasteiger partial charge in [-0.3, -0.25) is 4.79 Å². The first-order valence-corrected chi connectivity index (χ1v) is 6.16. The van der Waals surface area contributed by atoms with Gasteiger partial charge in [-0.1, -0.05) is 19.9 Å². The summed E-state index contributed by atoms with van der Waals surface area (Å²) in [5.74, 6) is 0.365. The molecule has 0 saturated carbocycles. The Hall–Kier alpha value is -1.38. The molecular weight excluding hydrogens is 217 g/mol. The van der Waals surface area contributed by atoms with Crippen LogP contribution in [0.25, 0.3) is 0 Å². The molecule has 0 unspecified atom stereocenters. The van der Waals surface area contributed by atoms with Crippen molar-refractivity contribution in [1.82, 2.24) is 0 Å². The van der Waals surface area contributed by atoms with E-state index in [0.717, 1.165) is 24.1 Å². The van der Waals surface area contributed by atoms with Crippen LogP contribution in [-0.2, 0) is 11.2 Å². The summed E-state index contributed by atoms with van der Waals surface area (Å²) in [6, 6.07) is 4.71. The Morgan fingerprint density at radius 2 is 2.24 bits per heavy atom. The molecule has 0 aliphatic carbocycles. The van der Waals surface area contributed by atoms with Crippen LogP contribution in [0.5, 0.6) is 0 Å². The molecule has 0 saturated heterocycles. The molecule has 0 bridgehead atoms. The number of anilines is 1. The maximum atomic E-state index is 13.2. The zero-order chi connectivity index (χ0) is 12.4. The number of carbonyl (C=O) groups excluding carboxylic acids is 1. The van der Waals surface area contributed by atoms with E-state index in [0.29, 0.717) is 18.9 Å². The van der Waals surface area contributed by atoms with Crippen molar-refractivity contribution < 1.29 is 9.18 Å². The van der Waals surface area contributed by atoms with E-state index in [2.05, 4.69) is 13.8 Å². The van der Waals surface area contributed by atoms with Crippen LogP contribution >= 0.6 is 0 Å². The summed E-state index contributed by atoms with van der Waals surface area (Å²) >= 11 is 0. The summed E-state index contributed by atoms with van der Waals surface area (Å²) in [4.78, 5) is 13.8. The zero-order valence-electron chi connectivity index (χ0n) is 10.4. The highest BCUT2D eigenvalue weighted by atomic mass is 19.1. The fourth-order valence-electron chi connectivity index (χ4n) is 2.16. The third-order valence-corrected chi connectivity index (χ3v) is 3.18. The molecule has 1 aromatic rings. The van der Waals surface area contributed by atoms with Gasteiger partial charge in [0.25, 0.3) is 0 Å². The van der Waals surface area contributed by atoms with Crippen LogP contribution in [0.4, 0.5) is 10.1 Å². The van der Waals surface area contributed by atoms with Crippen LogP contribution in [0.15, 0.2) is 18.2 Å². The molecular formula is C14H18FNO. The smallest absolute Gasteiger partial charge is 0.227 e. The van der Waals surface area contributed by atoms with Gasteiger partial charge < -0.3 is 4.90 Å². The van der Waals surface area contributed by atoms with E-state index in [1.165, 1.54) is 12.1 Å². The molecule has 0 fully saturated rings. The SMILES string of the molecule is CC(C)CCC(=O)N1CCc2ccc(F)cc21. The van der Waals surface area contributed by atoms with E-state index in [9.17, 15) is 9.18 Å². The van der Waals surface area contributed by atoms with Gasteiger partial charge in [0, 0.05) is 18.7 Å². The Balaban J connectivity index is 2.10. The van der Waals surface area contributed by atoms with Gasteiger partial charge in [0.05, 0.1) is 0 Å². The molecule has 0 spiro atoms. The Bertz CT molecular complexity index is 428. The van der Waals surface area contributed by atoms with Gasteiger partial charge in [-0.2, -0.15) is 0 Å². The molecule has 1 aromatic carbocycles. The first-order chi connectivity index (χ1) is 8.08. The van der Waals surface area contributed by atoms with Gasteiger partial charge in [0.2, 0.25) is 5.91 Å². The molecule has 3 heteroatoms. The third-order valence-electron chi connectivity index (χ3n) is 3.18. The van der Waals surface area contributed by atoms with E-state index in [1.54, 1.807) is 11.0 Å². The Morgan fingerprint density at radius 3 is 2.94 bits per heavy atom. The van der Waals surface area contributed by atoms with E-state index in [4.69, 9.17) is 0 Å². The molecule has 2 rings (SSSR count). The molecule has 1 aliphatic heterocycles. The largest absolute Gasteiger partial charge is 0.312 e. The molecule has 0 atom stereocenters. The average molecular weight is 235 g/mol. The summed E-state index contributed by atoms with van der Waals surface area (Å²) in [6.45, 7) is 4.89. The number of hydrogen-bond acceptors (Lipinski definition) is 1. The lowest BCUT2D eigenvalue weighted by Crippen LogP contribution is -2.28. The van der Waals surface area contributed by atoms with E-state index >= 15 is 0 Å². The first kappa shape index (κ1) is 12.1. The summed E-state index contributed by atoms with van der Waals surface area (Å²) in [7, 11) is 0. The summed E-state index contributed by atoms with van der Waals surface area (Å²) in [6.07, 6.45) is 2.27. The topological polar surface area (TPSA) is 20.3 Å². The van der Waals surface area contributed by atoms with Crippen molar-refractivity contribution in [1.29, 1.82) is 0 Å². The van der Waals surface area contributed by atoms with E-state index < -0.39 is 0 Å². The minimum atomic E-state index is -0.271. The second-order valence-corrected chi connectivity index (χ2v) is 5.00. The van der Waals surface area contributed by atoms with Crippen molar-refractivity contribution in [3.63, 3.8) is 0 Å². The highest BCUT2D eigenvalue weighted by Gasteiger charge is 2.24. The van der Waals surface area contributed by atoms with Gasteiger partial charge in [0.15, 0.2) is 0 Å². The highest BCUT2D eigenvalue weighted by molar-refractivity contribution is 5.95. The number of fused-ring (bicyclic) bond motifs is 1. The first-order valence-electron chi connectivity index (χ1n) is 6.16. The number of nitrogens with zero attached hydrogens (tertiary/aromatic N) is 1. The molecule has 92 valence electrons. The molecule has 1 heterocycles. The Kier molecular flexibility index (Phi) is 3.46. The van der Waals surface area contributed by atoms with Crippen LogP contribution < -0.4 is 4.90 Å². The van der Waals surface area contributed by atoms with E-state index in [1.807, 2.05) is 0 Å². The number of rotatable bonds is 3. The van der Waals surface area contributed by atoms with Crippen molar-refractivity contribution in [2.24, 2.45) is 5.92 Å². The fraction of sp³-hybridized carbons (Fsp3) is 0.500. The maximum absolute atomic E-state index is 13.2. The van der Waals surface area contributed by atoms with Crippen molar-refractivity contribution in [2.75, 3.05) is 11.4 Å². The van der Waals surface area contributed by atoms with Gasteiger partial charge in [-0.05, 0) is 36.5 Å². The van der Waals surface area contributed by atoms with Crippen LogP contribution in [-0.4, -0.2) is 12.5 Å². The van der Waals surface area contributed by atoms with Gasteiger partial charge in [-0.25, -0.2) is 4.39 Å². The lowest BCUT2D eigenvalue weighted by atomic mass is 10.1. The zero-order valence-corrected chi connectivity index (χ0v) is 10.4. The monoisotopic (exact) mass is 235 g/mol. The quantitative estimate of drug-likeness (QED) is 0.788. The van der Waals surface area contributed by atoms with Crippen LogP contribution in [0.3, 0.4) is 0 Å². The summed E-state index contributed by atoms with van der Waals surface area (Å²) in [5, 5.41) is 0. The predicted octanol–water partition coefficient (Wildman–Crippen LogP) is 3.15. The molecule has 17 heavy (non-hydrogen) atoms. The minimum absolute atomic E-state index is 0.114. The van der Waals surface area contributed by atoms with Crippen LogP contribution in [0, 0.1) is 11.7 Å². The lowest BCUT2D eigenvalue weighted by molar-refractivity contribution is -0.118. The number of amides is 1. The summed E-state index contributed by atoms with van der Waals surface area (Å²) < 4.78 is 13.2. The fourth-order valence-corrected chi connectivity index (χ4v) is 2.16. The second-order valence-electron chi connectivity index (χ2n) is 5.00. The van der Waals surface area contributed by atoms with E-state index in [-0.39, 0.29) is 11.7 Å². The average Bonchev–Trinajstić information content (AvgIpc) is 2.68. The lowest BCUT2D eigenvalue weighted by Gasteiger charge is -2.17.